The number of ether oxygens (including phenoxy) is 1. The molecule has 23 heavy (non-hydrogen) atoms. The first-order valence-corrected chi connectivity index (χ1v) is 8.53. The second kappa shape index (κ2) is 5.88. The summed E-state index contributed by atoms with van der Waals surface area (Å²) < 4.78 is 32.3. The third-order valence-corrected chi connectivity index (χ3v) is 4.61. The largest absolute Gasteiger partial charge is 0.495 e. The first-order valence-electron chi connectivity index (χ1n) is 6.93. The van der Waals surface area contributed by atoms with Crippen molar-refractivity contribution in [3.05, 3.63) is 48.2 Å². The lowest BCUT2D eigenvalue weighted by molar-refractivity contribution is -0.112. The number of hydrogen-bond donors (Lipinski definition) is 1. The molecule has 8 heteroatoms. The molecule has 0 aromatic heterocycles. The van der Waals surface area contributed by atoms with Crippen LogP contribution >= 0.6 is 0 Å². The number of carbonyl (C=O) groups is 1. The lowest BCUT2D eigenvalue weighted by atomic mass is 10.1. The van der Waals surface area contributed by atoms with Crippen LogP contribution in [0, 0.1) is 0 Å². The highest BCUT2D eigenvalue weighted by Gasteiger charge is 2.30. The van der Waals surface area contributed by atoms with Crippen molar-refractivity contribution in [1.29, 1.82) is 0 Å². The first-order chi connectivity index (χ1) is 11.0. The van der Waals surface area contributed by atoms with E-state index in [1.54, 1.807) is 47.5 Å². The van der Waals surface area contributed by atoms with Crippen LogP contribution in [0.15, 0.2) is 52.6 Å². The van der Waals surface area contributed by atoms with Gasteiger partial charge in [-0.25, -0.2) is 8.42 Å². The number of sulfonamides is 1. The minimum atomic E-state index is -3.54. The van der Waals surface area contributed by atoms with Crippen LogP contribution in [0.3, 0.4) is 0 Å². The van der Waals surface area contributed by atoms with Gasteiger partial charge >= 0.3 is 0 Å². The van der Waals surface area contributed by atoms with E-state index in [-0.39, 0.29) is 23.7 Å². The summed E-state index contributed by atoms with van der Waals surface area (Å²) in [6.45, 7) is 0.275. The summed E-state index contributed by atoms with van der Waals surface area (Å²) in [5.74, 6) is 0.149. The van der Waals surface area contributed by atoms with Gasteiger partial charge in [0.25, 0.3) is 15.9 Å². The van der Waals surface area contributed by atoms with Gasteiger partial charge in [-0.1, -0.05) is 12.1 Å². The van der Waals surface area contributed by atoms with E-state index in [0.717, 1.165) is 0 Å². The van der Waals surface area contributed by atoms with Crippen LogP contribution in [0.1, 0.15) is 0 Å². The molecule has 0 aliphatic carbocycles. The molecular formula is C15H15N3O4S. The van der Waals surface area contributed by atoms with Crippen LogP contribution in [0.25, 0.3) is 0 Å². The summed E-state index contributed by atoms with van der Waals surface area (Å²) in [6, 6.07) is 6.98. The van der Waals surface area contributed by atoms with E-state index in [1.165, 1.54) is 7.11 Å². The number of nitrogens with zero attached hydrogens (tertiary/aromatic N) is 2. The third kappa shape index (κ3) is 3.11. The maximum Gasteiger partial charge on any atom is 0.259 e. The minimum Gasteiger partial charge on any atom is -0.495 e. The minimum absolute atomic E-state index is 0.0672. The SMILES string of the molecule is COc1ccccc1NC(=O)C1=CC=CN2CCS(=O)(=O)N=C12. The maximum absolute atomic E-state index is 12.5. The zero-order valence-corrected chi connectivity index (χ0v) is 13.2. The molecule has 7 nitrogen and oxygen atoms in total. The number of nitrogens with one attached hydrogen (secondary N) is 1. The van der Waals surface area contributed by atoms with E-state index in [0.29, 0.717) is 11.4 Å². The molecule has 0 fully saturated rings. The van der Waals surface area contributed by atoms with Gasteiger partial charge in [0.1, 0.15) is 5.75 Å². The van der Waals surface area contributed by atoms with Gasteiger partial charge < -0.3 is 15.0 Å². The summed E-state index contributed by atoms with van der Waals surface area (Å²) in [4.78, 5) is 14.2. The Morgan fingerprint density at radius 2 is 2.13 bits per heavy atom. The number of fused-ring (bicyclic) bond motifs is 1. The molecular weight excluding hydrogens is 318 g/mol. The molecule has 0 radical (unpaired) electrons. The standard InChI is InChI=1S/C15H15N3O4S/c1-22-13-7-3-2-6-12(13)16-15(19)11-5-4-8-18-9-10-23(20,21)17-14(11)18/h2-8H,9-10H2,1H3,(H,16,19). The Bertz CT molecular complexity index is 840. The Hall–Kier alpha value is -2.61. The number of rotatable bonds is 3. The predicted molar refractivity (Wildman–Crippen MR) is 86.8 cm³/mol. The van der Waals surface area contributed by atoms with Crippen LogP contribution in [-0.2, 0) is 14.8 Å². The van der Waals surface area contributed by atoms with E-state index < -0.39 is 15.9 Å². The molecule has 0 unspecified atom stereocenters. The normalized spacial score (nSPS) is 18.6. The second-order valence-corrected chi connectivity index (χ2v) is 6.73. The fraction of sp³-hybridized carbons (Fsp3) is 0.200. The smallest absolute Gasteiger partial charge is 0.259 e. The monoisotopic (exact) mass is 333 g/mol. The number of benzene rings is 1. The van der Waals surface area contributed by atoms with Gasteiger partial charge in [-0.15, -0.1) is 4.40 Å². The fourth-order valence-electron chi connectivity index (χ4n) is 2.33. The number of anilines is 1. The Labute approximate surface area is 134 Å². The molecule has 120 valence electrons. The second-order valence-electron chi connectivity index (χ2n) is 4.97. The molecule has 2 heterocycles. The fourth-order valence-corrected chi connectivity index (χ4v) is 3.32. The van der Waals surface area contributed by atoms with Gasteiger partial charge in [-0.2, -0.15) is 0 Å². The van der Waals surface area contributed by atoms with E-state index in [1.807, 2.05) is 0 Å². The predicted octanol–water partition coefficient (Wildman–Crippen LogP) is 1.13. The zero-order chi connectivity index (χ0) is 16.4. The molecule has 2 aliphatic rings. The van der Waals surface area contributed by atoms with Crippen LogP contribution in [0.5, 0.6) is 5.75 Å². The average molecular weight is 333 g/mol. The Kier molecular flexibility index (Phi) is 3.91. The highest BCUT2D eigenvalue weighted by Crippen LogP contribution is 2.25. The molecule has 2 aliphatic heterocycles. The number of amidine groups is 1. The van der Waals surface area contributed by atoms with Crippen molar-refractivity contribution < 1.29 is 17.9 Å². The van der Waals surface area contributed by atoms with Gasteiger partial charge in [0, 0.05) is 12.7 Å². The molecule has 1 aromatic carbocycles. The lowest BCUT2D eigenvalue weighted by Gasteiger charge is -2.28. The number of amides is 1. The van der Waals surface area contributed by atoms with Crippen LogP contribution in [-0.4, -0.2) is 44.5 Å². The highest BCUT2D eigenvalue weighted by atomic mass is 32.2. The van der Waals surface area contributed by atoms with E-state index in [9.17, 15) is 13.2 Å². The van der Waals surface area contributed by atoms with Crippen molar-refractivity contribution in [2.24, 2.45) is 4.40 Å². The summed E-state index contributed by atoms with van der Waals surface area (Å²) >= 11 is 0. The van der Waals surface area contributed by atoms with Crippen molar-refractivity contribution in [1.82, 2.24) is 4.90 Å². The number of methoxy groups -OCH3 is 1. The molecule has 0 atom stereocenters. The van der Waals surface area contributed by atoms with Crippen molar-refractivity contribution in [3.63, 3.8) is 0 Å². The van der Waals surface area contributed by atoms with Gasteiger partial charge in [-0.3, -0.25) is 4.79 Å². The van der Waals surface area contributed by atoms with Crippen molar-refractivity contribution >= 4 is 27.5 Å². The molecule has 3 rings (SSSR count). The first kappa shape index (κ1) is 15.3. The van der Waals surface area contributed by atoms with Gasteiger partial charge in [0.2, 0.25) is 0 Å². The molecule has 0 saturated heterocycles. The molecule has 0 bridgehead atoms. The Morgan fingerprint density at radius 1 is 1.35 bits per heavy atom. The summed E-state index contributed by atoms with van der Waals surface area (Å²) in [5.41, 5.74) is 0.697. The Balaban J connectivity index is 1.91. The number of hydrogen-bond acceptors (Lipinski definition) is 5. The van der Waals surface area contributed by atoms with E-state index in [4.69, 9.17) is 4.74 Å². The summed E-state index contributed by atoms with van der Waals surface area (Å²) in [5, 5.41) is 2.72. The number of carbonyl (C=O) groups excluding carboxylic acids is 1. The van der Waals surface area contributed by atoms with Crippen LogP contribution in [0.4, 0.5) is 5.69 Å². The molecule has 1 aromatic rings. The quantitative estimate of drug-likeness (QED) is 0.896. The molecule has 0 spiro atoms. The van der Waals surface area contributed by atoms with Gasteiger partial charge in [0.05, 0.1) is 24.1 Å². The third-order valence-electron chi connectivity index (χ3n) is 3.46. The molecule has 1 amide bonds. The number of para-hydroxylation sites is 2. The highest BCUT2D eigenvalue weighted by molar-refractivity contribution is 7.90. The van der Waals surface area contributed by atoms with Crippen molar-refractivity contribution in [2.75, 3.05) is 24.7 Å². The van der Waals surface area contributed by atoms with E-state index in [2.05, 4.69) is 9.71 Å². The van der Waals surface area contributed by atoms with E-state index >= 15 is 0 Å². The maximum atomic E-state index is 12.5. The van der Waals surface area contributed by atoms with Gasteiger partial charge in [0.15, 0.2) is 5.84 Å². The van der Waals surface area contributed by atoms with Crippen LogP contribution < -0.4 is 10.1 Å². The average Bonchev–Trinajstić information content (AvgIpc) is 2.54. The zero-order valence-electron chi connectivity index (χ0n) is 12.4. The molecule has 0 saturated carbocycles. The number of allylic oxidation sites excluding steroid dienone is 2. The van der Waals surface area contributed by atoms with Gasteiger partial charge in [-0.05, 0) is 24.3 Å². The van der Waals surface area contributed by atoms with Crippen molar-refractivity contribution in [2.45, 2.75) is 0 Å². The summed E-state index contributed by atoms with van der Waals surface area (Å²) in [7, 11) is -2.03. The van der Waals surface area contributed by atoms with Crippen LogP contribution in [0.2, 0.25) is 0 Å². The topological polar surface area (TPSA) is 88.1 Å². The van der Waals surface area contributed by atoms with Crippen molar-refractivity contribution in [3.8, 4) is 5.75 Å². The summed E-state index contributed by atoms with van der Waals surface area (Å²) in [6.07, 6.45) is 4.93. The lowest BCUT2D eigenvalue weighted by Crippen LogP contribution is -2.40. The Morgan fingerprint density at radius 3 is 2.91 bits per heavy atom. The molecule has 1 N–H and O–H groups in total.